The molecule has 0 aromatic carbocycles. The first kappa shape index (κ1) is 12.3. The number of methoxy groups -OCH3 is 1. The van der Waals surface area contributed by atoms with E-state index in [2.05, 4.69) is 15.0 Å². The molecule has 102 valence electrons. The summed E-state index contributed by atoms with van der Waals surface area (Å²) in [5, 5.41) is 9.92. The van der Waals surface area contributed by atoms with Crippen LogP contribution in [-0.4, -0.2) is 50.6 Å². The van der Waals surface area contributed by atoms with Crippen molar-refractivity contribution < 1.29 is 14.6 Å². The Morgan fingerprint density at radius 2 is 2.37 bits per heavy atom. The van der Waals surface area contributed by atoms with Crippen molar-refractivity contribution in [1.29, 1.82) is 0 Å². The van der Waals surface area contributed by atoms with Crippen molar-refractivity contribution in [2.75, 3.05) is 19.5 Å². The van der Waals surface area contributed by atoms with Crippen LogP contribution >= 0.6 is 0 Å². The first-order chi connectivity index (χ1) is 9.20. The van der Waals surface area contributed by atoms with Crippen LogP contribution in [0, 0.1) is 0 Å². The van der Waals surface area contributed by atoms with Gasteiger partial charge in [-0.15, -0.1) is 0 Å². The van der Waals surface area contributed by atoms with Gasteiger partial charge in [0.25, 0.3) is 0 Å². The summed E-state index contributed by atoms with van der Waals surface area (Å²) in [6.45, 7) is 0.349. The number of nitrogens with zero attached hydrogens (tertiary/aromatic N) is 4. The van der Waals surface area contributed by atoms with Gasteiger partial charge in [0.05, 0.1) is 19.0 Å². The summed E-state index contributed by atoms with van der Waals surface area (Å²) in [5.74, 6) is 0.329. The number of imidazole rings is 1. The first-order valence-corrected chi connectivity index (χ1v) is 5.96. The molecular weight excluding hydrogens is 250 g/mol. The molecule has 3 atom stereocenters. The molecule has 1 fully saturated rings. The van der Waals surface area contributed by atoms with Crippen molar-refractivity contribution in [3.63, 3.8) is 0 Å². The normalized spacial score (nSPS) is 27.2. The van der Waals surface area contributed by atoms with Gasteiger partial charge in [0.15, 0.2) is 11.5 Å². The fraction of sp³-hybridized carbons (Fsp3) is 0.545. The summed E-state index contributed by atoms with van der Waals surface area (Å²) in [6, 6.07) is 0. The van der Waals surface area contributed by atoms with Crippen LogP contribution in [0.5, 0.6) is 0 Å². The summed E-state index contributed by atoms with van der Waals surface area (Å²) >= 11 is 0. The van der Waals surface area contributed by atoms with E-state index in [4.69, 9.17) is 15.2 Å². The Kier molecular flexibility index (Phi) is 3.05. The first-order valence-electron chi connectivity index (χ1n) is 5.96. The van der Waals surface area contributed by atoms with Gasteiger partial charge in [-0.1, -0.05) is 0 Å². The molecule has 3 rings (SSSR count). The summed E-state index contributed by atoms with van der Waals surface area (Å²) in [4.78, 5) is 12.2. The molecule has 1 aliphatic heterocycles. The van der Waals surface area contributed by atoms with Gasteiger partial charge in [-0.2, -0.15) is 0 Å². The Bertz CT molecular complexity index is 587. The second kappa shape index (κ2) is 4.72. The lowest BCUT2D eigenvalue weighted by atomic mass is 10.2. The van der Waals surface area contributed by atoms with Crippen LogP contribution < -0.4 is 5.73 Å². The van der Waals surface area contributed by atoms with Gasteiger partial charge >= 0.3 is 0 Å². The predicted octanol–water partition coefficient (Wildman–Crippen LogP) is -0.297. The van der Waals surface area contributed by atoms with Crippen LogP contribution in [0.1, 0.15) is 12.6 Å². The Hall–Kier alpha value is -1.77. The minimum atomic E-state index is -0.568. The van der Waals surface area contributed by atoms with E-state index >= 15 is 0 Å². The number of hydrogen-bond donors (Lipinski definition) is 2. The van der Waals surface area contributed by atoms with Gasteiger partial charge in [0.2, 0.25) is 0 Å². The van der Waals surface area contributed by atoms with Gasteiger partial charge < -0.3 is 20.3 Å². The molecule has 0 radical (unpaired) electrons. The third-order valence-corrected chi connectivity index (χ3v) is 3.23. The number of aromatic nitrogens is 4. The number of rotatable bonds is 3. The average Bonchev–Trinajstić information content (AvgIpc) is 2.95. The number of nitrogen functional groups attached to an aromatic ring is 1. The van der Waals surface area contributed by atoms with Crippen LogP contribution in [0.2, 0.25) is 0 Å². The van der Waals surface area contributed by atoms with Crippen LogP contribution in [0.3, 0.4) is 0 Å². The number of aliphatic hydroxyl groups is 1. The molecule has 0 saturated carbocycles. The zero-order valence-corrected chi connectivity index (χ0v) is 10.4. The summed E-state index contributed by atoms with van der Waals surface area (Å²) in [6.07, 6.45) is 2.21. The average molecular weight is 265 g/mol. The highest BCUT2D eigenvalue weighted by Gasteiger charge is 2.35. The molecule has 0 bridgehead atoms. The monoisotopic (exact) mass is 265 g/mol. The van der Waals surface area contributed by atoms with Crippen molar-refractivity contribution >= 4 is 17.0 Å². The van der Waals surface area contributed by atoms with E-state index in [1.54, 1.807) is 18.0 Å². The lowest BCUT2D eigenvalue weighted by molar-refractivity contribution is -0.0523. The number of fused-ring (bicyclic) bond motifs is 1. The third-order valence-electron chi connectivity index (χ3n) is 3.23. The van der Waals surface area contributed by atoms with Gasteiger partial charge in [0, 0.05) is 13.5 Å². The van der Waals surface area contributed by atoms with Crippen molar-refractivity contribution in [2.24, 2.45) is 0 Å². The molecule has 0 spiro atoms. The molecule has 1 aliphatic rings. The maximum absolute atomic E-state index is 9.92. The minimum absolute atomic E-state index is 0.325. The second-order valence-electron chi connectivity index (χ2n) is 4.47. The molecule has 0 unspecified atom stereocenters. The van der Waals surface area contributed by atoms with Gasteiger partial charge in [-0.25, -0.2) is 15.0 Å². The van der Waals surface area contributed by atoms with Gasteiger partial charge in [-0.3, -0.25) is 4.57 Å². The molecule has 8 heteroatoms. The number of anilines is 1. The van der Waals surface area contributed by atoms with Crippen LogP contribution in [0.4, 0.5) is 5.82 Å². The standard InChI is InChI=1S/C11H15N5O3/c1-18-3-7-6(17)2-8(19-7)16-5-15-9-10(12)13-4-14-11(9)16/h4-8,17H,2-3H2,1H3,(H2,12,13,14)/t6-,7+,8+/m0/s1. The molecule has 3 heterocycles. The van der Waals surface area contributed by atoms with E-state index in [0.29, 0.717) is 30.0 Å². The summed E-state index contributed by atoms with van der Waals surface area (Å²) in [5.41, 5.74) is 6.87. The Labute approximate surface area is 109 Å². The van der Waals surface area contributed by atoms with Crippen molar-refractivity contribution in [1.82, 2.24) is 19.5 Å². The Morgan fingerprint density at radius 3 is 3.16 bits per heavy atom. The molecular formula is C11H15N5O3. The van der Waals surface area contributed by atoms with E-state index in [-0.39, 0.29) is 12.3 Å². The highest BCUT2D eigenvalue weighted by atomic mass is 16.6. The Morgan fingerprint density at radius 1 is 1.53 bits per heavy atom. The van der Waals surface area contributed by atoms with E-state index in [0.717, 1.165) is 0 Å². The molecule has 0 aliphatic carbocycles. The zero-order chi connectivity index (χ0) is 13.4. The largest absolute Gasteiger partial charge is 0.390 e. The second-order valence-corrected chi connectivity index (χ2v) is 4.47. The van der Waals surface area contributed by atoms with Crippen LogP contribution in [0.15, 0.2) is 12.7 Å². The predicted molar refractivity (Wildman–Crippen MR) is 66.1 cm³/mol. The van der Waals surface area contributed by atoms with E-state index in [1.807, 2.05) is 0 Å². The zero-order valence-electron chi connectivity index (χ0n) is 10.4. The molecule has 2 aromatic heterocycles. The van der Waals surface area contributed by atoms with E-state index < -0.39 is 6.10 Å². The molecule has 0 amide bonds. The molecule has 8 nitrogen and oxygen atoms in total. The number of ether oxygens (including phenoxy) is 2. The summed E-state index contributed by atoms with van der Waals surface area (Å²) in [7, 11) is 1.57. The SMILES string of the molecule is COC[C@H]1O[C@@H](n2cnc3c(N)ncnc32)C[C@@H]1O. The minimum Gasteiger partial charge on any atom is -0.390 e. The Balaban J connectivity index is 1.91. The highest BCUT2D eigenvalue weighted by Crippen LogP contribution is 2.31. The van der Waals surface area contributed by atoms with Crippen LogP contribution in [-0.2, 0) is 9.47 Å². The smallest absolute Gasteiger partial charge is 0.167 e. The fourth-order valence-electron chi connectivity index (χ4n) is 2.28. The summed E-state index contributed by atoms with van der Waals surface area (Å²) < 4.78 is 12.5. The van der Waals surface area contributed by atoms with Crippen molar-refractivity contribution in [3.05, 3.63) is 12.7 Å². The van der Waals surface area contributed by atoms with E-state index in [1.165, 1.54) is 6.33 Å². The van der Waals surface area contributed by atoms with Gasteiger partial charge in [-0.05, 0) is 0 Å². The van der Waals surface area contributed by atoms with Crippen molar-refractivity contribution in [3.8, 4) is 0 Å². The highest BCUT2D eigenvalue weighted by molar-refractivity contribution is 5.81. The molecule has 3 N–H and O–H groups in total. The topological polar surface area (TPSA) is 108 Å². The lowest BCUT2D eigenvalue weighted by Crippen LogP contribution is -2.25. The number of aliphatic hydroxyl groups excluding tert-OH is 1. The number of nitrogens with two attached hydrogens (primary N) is 1. The fourth-order valence-corrected chi connectivity index (χ4v) is 2.28. The maximum atomic E-state index is 9.92. The maximum Gasteiger partial charge on any atom is 0.167 e. The van der Waals surface area contributed by atoms with Gasteiger partial charge in [0.1, 0.15) is 24.2 Å². The molecule has 19 heavy (non-hydrogen) atoms. The van der Waals surface area contributed by atoms with Crippen molar-refractivity contribution in [2.45, 2.75) is 24.9 Å². The van der Waals surface area contributed by atoms with E-state index in [9.17, 15) is 5.11 Å². The lowest BCUT2D eigenvalue weighted by Gasteiger charge is -2.14. The molecule has 1 saturated heterocycles. The molecule has 2 aromatic rings. The number of hydrogen-bond acceptors (Lipinski definition) is 7. The van der Waals surface area contributed by atoms with Crippen LogP contribution in [0.25, 0.3) is 11.2 Å². The third kappa shape index (κ3) is 2.03. The quantitative estimate of drug-likeness (QED) is 0.784.